The van der Waals surface area contributed by atoms with E-state index >= 15 is 0 Å². The fourth-order valence-electron chi connectivity index (χ4n) is 1.98. The summed E-state index contributed by atoms with van der Waals surface area (Å²) in [5.74, 6) is 0.478. The summed E-state index contributed by atoms with van der Waals surface area (Å²) in [5, 5.41) is 0.651. The van der Waals surface area contributed by atoms with Crippen LogP contribution in [0.2, 0.25) is 5.02 Å². The number of esters is 1. The summed E-state index contributed by atoms with van der Waals surface area (Å²) in [6.07, 6.45) is 0. The zero-order valence-corrected chi connectivity index (χ0v) is 14.2. The van der Waals surface area contributed by atoms with Crippen molar-refractivity contribution in [1.29, 1.82) is 0 Å². The number of benzene rings is 2. The first-order valence-electron chi connectivity index (χ1n) is 7.18. The maximum absolute atomic E-state index is 11.9. The van der Waals surface area contributed by atoms with Gasteiger partial charge in [0, 0.05) is 10.6 Å². The lowest BCUT2D eigenvalue weighted by Crippen LogP contribution is -2.22. The molecule has 0 spiro atoms. The topological polar surface area (TPSA) is 56.8 Å². The average Bonchev–Trinajstić information content (AvgIpc) is 2.55. The van der Waals surface area contributed by atoms with E-state index in [9.17, 15) is 4.79 Å². The van der Waals surface area contributed by atoms with Gasteiger partial charge in [0.1, 0.15) is 23.8 Å². The van der Waals surface area contributed by atoms with E-state index in [1.807, 2.05) is 25.1 Å². The monoisotopic (exact) mass is 347 g/mol. The zero-order chi connectivity index (χ0) is 17.5. The third-order valence-electron chi connectivity index (χ3n) is 3.17. The van der Waals surface area contributed by atoms with Gasteiger partial charge in [0.15, 0.2) is 0 Å². The third kappa shape index (κ3) is 4.75. The van der Waals surface area contributed by atoms with Crippen LogP contribution in [0.15, 0.2) is 54.7 Å². The van der Waals surface area contributed by atoms with Crippen LogP contribution in [0, 0.1) is 6.92 Å². The van der Waals surface area contributed by atoms with Crippen molar-refractivity contribution in [3.05, 3.63) is 70.9 Å². The summed E-state index contributed by atoms with van der Waals surface area (Å²) >= 11 is 5.93. The molecule has 0 heterocycles. The summed E-state index contributed by atoms with van der Waals surface area (Å²) in [6, 6.07) is 12.5. The minimum Gasteiger partial charge on any atom is -0.488 e. The zero-order valence-electron chi connectivity index (χ0n) is 13.5. The molecule has 5 nitrogen and oxygen atoms in total. The van der Waals surface area contributed by atoms with Crippen molar-refractivity contribution < 1.29 is 19.1 Å². The first-order valence-corrected chi connectivity index (χ1v) is 7.56. The first kappa shape index (κ1) is 17.8. The van der Waals surface area contributed by atoms with Crippen LogP contribution in [0.4, 0.5) is 0 Å². The Morgan fingerprint density at radius 2 is 1.96 bits per heavy atom. The molecule has 1 N–H and O–H groups in total. The Hall–Kier alpha value is -2.50. The molecule has 0 atom stereocenters. The SMILES string of the molecule is C=C(NOC)C(=O)Oc1ccccc1COc1ccc(Cl)cc1C. The van der Waals surface area contributed by atoms with Crippen molar-refractivity contribution in [3.63, 3.8) is 0 Å². The predicted octanol–water partition coefficient (Wildman–Crippen LogP) is 3.80. The van der Waals surface area contributed by atoms with Gasteiger partial charge in [-0.3, -0.25) is 10.3 Å². The Labute approximate surface area is 145 Å². The van der Waals surface area contributed by atoms with Gasteiger partial charge in [-0.15, -0.1) is 0 Å². The molecule has 0 saturated carbocycles. The normalized spacial score (nSPS) is 10.1. The van der Waals surface area contributed by atoms with Gasteiger partial charge < -0.3 is 9.47 Å². The van der Waals surface area contributed by atoms with Crippen LogP contribution in [0.25, 0.3) is 0 Å². The van der Waals surface area contributed by atoms with Crippen molar-refractivity contribution in [2.24, 2.45) is 0 Å². The fraction of sp³-hybridized carbons (Fsp3) is 0.167. The van der Waals surface area contributed by atoms with Gasteiger partial charge in [-0.25, -0.2) is 4.79 Å². The van der Waals surface area contributed by atoms with E-state index in [-0.39, 0.29) is 12.3 Å². The summed E-state index contributed by atoms with van der Waals surface area (Å²) in [7, 11) is 1.38. The van der Waals surface area contributed by atoms with Gasteiger partial charge in [-0.2, -0.15) is 0 Å². The van der Waals surface area contributed by atoms with Gasteiger partial charge in [-0.05, 0) is 36.8 Å². The van der Waals surface area contributed by atoms with E-state index < -0.39 is 5.97 Å². The Balaban J connectivity index is 2.08. The second-order valence-corrected chi connectivity index (χ2v) is 5.42. The molecular formula is C18H18ClNO4. The Morgan fingerprint density at radius 3 is 2.67 bits per heavy atom. The molecule has 0 aliphatic rings. The van der Waals surface area contributed by atoms with Crippen molar-refractivity contribution in [2.75, 3.05) is 7.11 Å². The Kier molecular flexibility index (Phi) is 6.23. The molecule has 0 aliphatic carbocycles. The second-order valence-electron chi connectivity index (χ2n) is 4.98. The Bertz CT molecular complexity index is 746. The molecule has 24 heavy (non-hydrogen) atoms. The van der Waals surface area contributed by atoms with Crippen LogP contribution in [-0.2, 0) is 16.2 Å². The molecular weight excluding hydrogens is 330 g/mol. The fourth-order valence-corrected chi connectivity index (χ4v) is 2.21. The molecule has 0 fully saturated rings. The molecule has 0 aliphatic heterocycles. The maximum atomic E-state index is 11.9. The molecule has 0 amide bonds. The lowest BCUT2D eigenvalue weighted by molar-refractivity contribution is -0.131. The number of aryl methyl sites for hydroxylation is 1. The van der Waals surface area contributed by atoms with E-state index in [2.05, 4.69) is 16.9 Å². The molecule has 2 aromatic rings. The van der Waals surface area contributed by atoms with Crippen molar-refractivity contribution in [3.8, 4) is 11.5 Å². The third-order valence-corrected chi connectivity index (χ3v) is 3.40. The van der Waals surface area contributed by atoms with Crippen LogP contribution in [0.1, 0.15) is 11.1 Å². The minimum atomic E-state index is -0.632. The van der Waals surface area contributed by atoms with Gasteiger partial charge >= 0.3 is 5.97 Å². The van der Waals surface area contributed by atoms with E-state index in [1.165, 1.54) is 7.11 Å². The van der Waals surface area contributed by atoms with E-state index in [1.54, 1.807) is 24.3 Å². The van der Waals surface area contributed by atoms with Crippen LogP contribution >= 0.6 is 11.6 Å². The molecule has 2 rings (SSSR count). The van der Waals surface area contributed by atoms with Gasteiger partial charge in [0.05, 0.1) is 7.11 Å². The highest BCUT2D eigenvalue weighted by atomic mass is 35.5. The first-order chi connectivity index (χ1) is 11.5. The number of rotatable bonds is 7. The molecule has 0 saturated heterocycles. The van der Waals surface area contributed by atoms with Crippen LogP contribution in [-0.4, -0.2) is 13.1 Å². The molecule has 0 aromatic heterocycles. The van der Waals surface area contributed by atoms with Gasteiger partial charge in [0.25, 0.3) is 0 Å². The minimum absolute atomic E-state index is 0.00164. The molecule has 126 valence electrons. The highest BCUT2D eigenvalue weighted by Gasteiger charge is 2.13. The summed E-state index contributed by atoms with van der Waals surface area (Å²) in [6.45, 7) is 5.69. The maximum Gasteiger partial charge on any atom is 0.361 e. The van der Waals surface area contributed by atoms with Crippen molar-refractivity contribution in [2.45, 2.75) is 13.5 Å². The Morgan fingerprint density at radius 1 is 1.21 bits per heavy atom. The molecule has 6 heteroatoms. The second kappa shape index (κ2) is 8.38. The summed E-state index contributed by atoms with van der Waals surface area (Å²) < 4.78 is 11.1. The molecule has 0 bridgehead atoms. The largest absolute Gasteiger partial charge is 0.488 e. The van der Waals surface area contributed by atoms with E-state index in [0.717, 1.165) is 11.1 Å². The number of para-hydroxylation sites is 1. The number of hydroxylamine groups is 1. The smallest absolute Gasteiger partial charge is 0.361 e. The number of nitrogens with one attached hydrogen (secondary N) is 1. The highest BCUT2D eigenvalue weighted by Crippen LogP contribution is 2.25. The lowest BCUT2D eigenvalue weighted by Gasteiger charge is -2.13. The summed E-state index contributed by atoms with van der Waals surface area (Å²) in [5.41, 5.74) is 4.00. The number of carbonyl (C=O) groups excluding carboxylic acids is 1. The van der Waals surface area contributed by atoms with Crippen molar-refractivity contribution in [1.82, 2.24) is 5.48 Å². The summed E-state index contributed by atoms with van der Waals surface area (Å²) in [4.78, 5) is 16.5. The highest BCUT2D eigenvalue weighted by molar-refractivity contribution is 6.30. The number of hydrogen-bond acceptors (Lipinski definition) is 5. The predicted molar refractivity (Wildman–Crippen MR) is 91.9 cm³/mol. The lowest BCUT2D eigenvalue weighted by atomic mass is 10.2. The van der Waals surface area contributed by atoms with Crippen LogP contribution in [0.5, 0.6) is 11.5 Å². The molecule has 2 aromatic carbocycles. The van der Waals surface area contributed by atoms with Gasteiger partial charge in [0.2, 0.25) is 0 Å². The van der Waals surface area contributed by atoms with Gasteiger partial charge in [-0.1, -0.05) is 36.4 Å². The standard InChI is InChI=1S/C18H18ClNO4/c1-12-10-15(19)8-9-16(12)23-11-14-6-4-5-7-17(14)24-18(21)13(2)20-22-3/h4-10,20H,2,11H2,1,3H3. The number of hydrogen-bond donors (Lipinski definition) is 1. The number of carbonyl (C=O) groups is 1. The molecule has 0 unspecified atom stereocenters. The van der Waals surface area contributed by atoms with Crippen molar-refractivity contribution >= 4 is 17.6 Å². The molecule has 0 radical (unpaired) electrons. The number of halogens is 1. The van der Waals surface area contributed by atoms with E-state index in [0.29, 0.717) is 16.5 Å². The average molecular weight is 348 g/mol. The quantitative estimate of drug-likeness (QED) is 0.357. The number of ether oxygens (including phenoxy) is 2. The van der Waals surface area contributed by atoms with E-state index in [4.69, 9.17) is 21.1 Å². The van der Waals surface area contributed by atoms with Crippen LogP contribution in [0.3, 0.4) is 0 Å². The van der Waals surface area contributed by atoms with Crippen LogP contribution < -0.4 is 15.0 Å².